The summed E-state index contributed by atoms with van der Waals surface area (Å²) in [6.45, 7) is 1.54. The van der Waals surface area contributed by atoms with Crippen molar-refractivity contribution < 1.29 is 22.4 Å². The van der Waals surface area contributed by atoms with E-state index in [0.717, 1.165) is 13.1 Å². The van der Waals surface area contributed by atoms with Gasteiger partial charge in [-0.3, -0.25) is 0 Å². The van der Waals surface area contributed by atoms with E-state index >= 15 is 0 Å². The molecule has 0 radical (unpaired) electrons. The average Bonchev–Trinajstić information content (AvgIpc) is 2.75. The lowest BCUT2D eigenvalue weighted by Gasteiger charge is -2.35. The van der Waals surface area contributed by atoms with E-state index in [2.05, 4.69) is 4.74 Å². The highest BCUT2D eigenvalue weighted by Gasteiger charge is 2.31. The van der Waals surface area contributed by atoms with Crippen LogP contribution in [0.15, 0.2) is 21.6 Å². The van der Waals surface area contributed by atoms with Gasteiger partial charge in [-0.05, 0) is 25.1 Å². The molecule has 0 aromatic carbocycles. The molecule has 2 heterocycles. The number of nitrogens with zero attached hydrogens (tertiary/aromatic N) is 1. The summed E-state index contributed by atoms with van der Waals surface area (Å²) in [4.78, 5) is 13.2. The van der Waals surface area contributed by atoms with Crippen LogP contribution in [0, 0.1) is 5.92 Å². The first-order valence-electron chi connectivity index (χ1n) is 5.52. The first kappa shape index (κ1) is 13.1. The molecule has 0 bridgehead atoms. The van der Waals surface area contributed by atoms with Crippen LogP contribution in [0.1, 0.15) is 10.6 Å². The van der Waals surface area contributed by atoms with Gasteiger partial charge < -0.3 is 14.1 Å². The number of ether oxygens (including phenoxy) is 1. The molecule has 0 aliphatic carbocycles. The molecule has 1 aliphatic rings. The van der Waals surface area contributed by atoms with Crippen LogP contribution in [-0.2, 0) is 14.6 Å². The van der Waals surface area contributed by atoms with Crippen LogP contribution in [0.4, 0.5) is 0 Å². The number of rotatable bonds is 4. The van der Waals surface area contributed by atoms with Crippen molar-refractivity contribution in [2.45, 2.75) is 5.09 Å². The van der Waals surface area contributed by atoms with E-state index in [-0.39, 0.29) is 22.5 Å². The summed E-state index contributed by atoms with van der Waals surface area (Å²) in [5.74, 6) is -0.598. The molecule has 1 fully saturated rings. The topological polar surface area (TPSA) is 76.8 Å². The van der Waals surface area contributed by atoms with Crippen LogP contribution in [-0.4, -0.2) is 52.3 Å². The van der Waals surface area contributed by atoms with E-state index in [1.54, 1.807) is 0 Å². The van der Waals surface area contributed by atoms with Crippen molar-refractivity contribution in [3.8, 4) is 0 Å². The fourth-order valence-corrected chi connectivity index (χ4v) is 3.51. The Labute approximate surface area is 105 Å². The standard InChI is InChI=1S/C11H15NO5S/c1-12-5-8(6-12)7-18(14,15)10-4-3-9(17-10)11(13)16-2/h3-4,8H,5-7H2,1-2H3. The molecule has 1 aromatic rings. The Morgan fingerprint density at radius 2 is 2.17 bits per heavy atom. The van der Waals surface area contributed by atoms with Crippen molar-refractivity contribution in [3.63, 3.8) is 0 Å². The largest absolute Gasteiger partial charge is 0.463 e. The van der Waals surface area contributed by atoms with E-state index in [0.29, 0.717) is 0 Å². The Morgan fingerprint density at radius 3 is 2.72 bits per heavy atom. The van der Waals surface area contributed by atoms with Gasteiger partial charge >= 0.3 is 5.97 Å². The second-order valence-corrected chi connectivity index (χ2v) is 6.44. The molecule has 1 aromatic heterocycles. The van der Waals surface area contributed by atoms with Gasteiger partial charge in [0.2, 0.25) is 20.7 Å². The summed E-state index contributed by atoms with van der Waals surface area (Å²) in [6, 6.07) is 2.61. The Hall–Kier alpha value is -1.34. The number of hydrogen-bond donors (Lipinski definition) is 0. The quantitative estimate of drug-likeness (QED) is 0.739. The normalized spacial score (nSPS) is 17.4. The van der Waals surface area contributed by atoms with Gasteiger partial charge in [0.05, 0.1) is 12.9 Å². The maximum atomic E-state index is 12.0. The average molecular weight is 273 g/mol. The predicted octanol–water partition coefficient (Wildman–Crippen LogP) is 0.401. The van der Waals surface area contributed by atoms with E-state index in [1.807, 2.05) is 11.9 Å². The minimum atomic E-state index is -3.47. The Morgan fingerprint density at radius 1 is 1.50 bits per heavy atom. The van der Waals surface area contributed by atoms with E-state index in [1.165, 1.54) is 19.2 Å². The summed E-state index contributed by atoms with van der Waals surface area (Å²) in [7, 11) is -0.318. The number of hydrogen-bond acceptors (Lipinski definition) is 6. The zero-order valence-corrected chi connectivity index (χ0v) is 11.1. The molecule has 0 amide bonds. The third kappa shape index (κ3) is 2.56. The SMILES string of the molecule is COC(=O)c1ccc(S(=O)(=O)CC2CN(C)C2)o1. The van der Waals surface area contributed by atoms with E-state index in [4.69, 9.17) is 4.42 Å². The lowest BCUT2D eigenvalue weighted by molar-refractivity contribution is 0.0559. The molecule has 6 nitrogen and oxygen atoms in total. The molecule has 1 saturated heterocycles. The molecule has 1 aliphatic heterocycles. The smallest absolute Gasteiger partial charge is 0.374 e. The van der Waals surface area contributed by atoms with Gasteiger partial charge in [0.15, 0.2) is 0 Å². The third-order valence-corrected chi connectivity index (χ3v) is 4.61. The van der Waals surface area contributed by atoms with Crippen LogP contribution in [0.3, 0.4) is 0 Å². The Balaban J connectivity index is 2.10. The highest BCUT2D eigenvalue weighted by atomic mass is 32.2. The summed E-state index contributed by atoms with van der Waals surface area (Å²) in [5.41, 5.74) is 0. The first-order chi connectivity index (χ1) is 8.42. The van der Waals surface area contributed by atoms with Crippen LogP contribution in [0.25, 0.3) is 0 Å². The number of likely N-dealkylation sites (tertiary alicyclic amines) is 1. The van der Waals surface area contributed by atoms with Crippen LogP contribution < -0.4 is 0 Å². The maximum Gasteiger partial charge on any atom is 0.374 e. The van der Waals surface area contributed by atoms with Crippen molar-refractivity contribution in [2.75, 3.05) is 33.0 Å². The molecule has 18 heavy (non-hydrogen) atoms. The number of sulfone groups is 1. The lowest BCUT2D eigenvalue weighted by atomic mass is 10.0. The van der Waals surface area contributed by atoms with Crippen LogP contribution >= 0.6 is 0 Å². The van der Waals surface area contributed by atoms with Gasteiger partial charge in [0.1, 0.15) is 0 Å². The summed E-state index contributed by atoms with van der Waals surface area (Å²) >= 11 is 0. The molecule has 0 atom stereocenters. The molecular weight excluding hydrogens is 258 g/mol. The zero-order valence-electron chi connectivity index (χ0n) is 10.3. The number of furan rings is 1. The molecular formula is C11H15NO5S. The molecule has 0 spiro atoms. The number of carbonyl (C=O) groups excluding carboxylic acids is 1. The van der Waals surface area contributed by atoms with Gasteiger partial charge in [0.25, 0.3) is 0 Å². The third-order valence-electron chi connectivity index (χ3n) is 2.87. The van der Waals surface area contributed by atoms with Crippen molar-refractivity contribution in [2.24, 2.45) is 5.92 Å². The maximum absolute atomic E-state index is 12.0. The zero-order chi connectivity index (χ0) is 13.3. The number of esters is 1. The number of methoxy groups -OCH3 is 1. The van der Waals surface area contributed by atoms with Crippen molar-refractivity contribution in [1.82, 2.24) is 4.90 Å². The van der Waals surface area contributed by atoms with Gasteiger partial charge in [0, 0.05) is 13.1 Å². The van der Waals surface area contributed by atoms with Gasteiger partial charge in [-0.2, -0.15) is 0 Å². The highest BCUT2D eigenvalue weighted by Crippen LogP contribution is 2.22. The fourth-order valence-electron chi connectivity index (χ4n) is 2.02. The van der Waals surface area contributed by atoms with Crippen LogP contribution in [0.2, 0.25) is 0 Å². The molecule has 0 unspecified atom stereocenters. The molecule has 2 rings (SSSR count). The van der Waals surface area contributed by atoms with Gasteiger partial charge in [-0.25, -0.2) is 13.2 Å². The van der Waals surface area contributed by atoms with Crippen molar-refractivity contribution in [1.29, 1.82) is 0 Å². The predicted molar refractivity (Wildman–Crippen MR) is 63.1 cm³/mol. The Bertz CT molecular complexity index is 542. The Kier molecular flexibility index (Phi) is 3.45. The second kappa shape index (κ2) is 4.74. The minimum Gasteiger partial charge on any atom is -0.463 e. The van der Waals surface area contributed by atoms with Crippen molar-refractivity contribution in [3.05, 3.63) is 17.9 Å². The molecule has 0 N–H and O–H groups in total. The van der Waals surface area contributed by atoms with Crippen molar-refractivity contribution >= 4 is 15.8 Å². The summed E-state index contributed by atoms with van der Waals surface area (Å²) in [6.07, 6.45) is 0. The van der Waals surface area contributed by atoms with Crippen LogP contribution in [0.5, 0.6) is 0 Å². The van der Waals surface area contributed by atoms with E-state index < -0.39 is 15.8 Å². The monoisotopic (exact) mass is 273 g/mol. The molecule has 7 heteroatoms. The van der Waals surface area contributed by atoms with E-state index in [9.17, 15) is 13.2 Å². The second-order valence-electron chi connectivity index (χ2n) is 4.48. The highest BCUT2D eigenvalue weighted by molar-refractivity contribution is 7.91. The molecule has 0 saturated carbocycles. The molecule has 100 valence electrons. The summed E-state index contributed by atoms with van der Waals surface area (Å²) < 4.78 is 33.5. The van der Waals surface area contributed by atoms with Gasteiger partial charge in [-0.1, -0.05) is 0 Å². The lowest BCUT2D eigenvalue weighted by Crippen LogP contribution is -2.46. The fraction of sp³-hybridized carbons (Fsp3) is 0.545. The van der Waals surface area contributed by atoms with Gasteiger partial charge in [-0.15, -0.1) is 0 Å². The summed E-state index contributed by atoms with van der Waals surface area (Å²) in [5, 5.41) is -0.169. The number of carbonyl (C=O) groups is 1. The first-order valence-corrected chi connectivity index (χ1v) is 7.17. The minimum absolute atomic E-state index is 0.0471.